The molecule has 0 spiro atoms. The van der Waals surface area contributed by atoms with Gasteiger partial charge < -0.3 is 21.7 Å². The Labute approximate surface area is 188 Å². The van der Waals surface area contributed by atoms with E-state index in [0.29, 0.717) is 30.5 Å². The summed E-state index contributed by atoms with van der Waals surface area (Å²) in [5.41, 5.74) is 14.6. The first kappa shape index (κ1) is 22.3. The van der Waals surface area contributed by atoms with Crippen molar-refractivity contribution >= 4 is 23.1 Å². The van der Waals surface area contributed by atoms with Crippen LogP contribution >= 0.6 is 0 Å². The van der Waals surface area contributed by atoms with Gasteiger partial charge in [0.05, 0.1) is 4.92 Å². The number of nitrogens with one attached hydrogen (secondary N) is 1. The van der Waals surface area contributed by atoms with Crippen molar-refractivity contribution in [3.8, 4) is 0 Å². The average Bonchev–Trinajstić information content (AvgIpc) is 2.79. The van der Waals surface area contributed by atoms with Crippen LogP contribution in [0.2, 0.25) is 0 Å². The molecule has 9 heteroatoms. The molecule has 0 radical (unpaired) electrons. The van der Waals surface area contributed by atoms with Gasteiger partial charge in [-0.1, -0.05) is 18.2 Å². The van der Waals surface area contributed by atoms with Crippen LogP contribution in [-0.4, -0.2) is 34.0 Å². The molecule has 0 bridgehead atoms. The Morgan fingerprint density at radius 3 is 2.53 bits per heavy atom. The Morgan fingerprint density at radius 1 is 1.09 bits per heavy atom. The molecule has 2 aromatic rings. The molecule has 0 amide bonds. The van der Waals surface area contributed by atoms with Crippen LogP contribution in [0.15, 0.2) is 24.3 Å². The largest absolute Gasteiger partial charge is 0.378 e. The Kier molecular flexibility index (Phi) is 7.04. The van der Waals surface area contributed by atoms with Crippen LogP contribution in [0.25, 0.3) is 0 Å². The third-order valence-corrected chi connectivity index (χ3v) is 6.66. The molecule has 2 aliphatic rings. The lowest BCUT2D eigenvalue weighted by Crippen LogP contribution is -2.30. The number of aromatic nitrogens is 2. The summed E-state index contributed by atoms with van der Waals surface area (Å²) in [6, 6.07) is 8.55. The topological polar surface area (TPSA) is 136 Å². The highest BCUT2D eigenvalue weighted by Crippen LogP contribution is 2.32. The van der Waals surface area contributed by atoms with Gasteiger partial charge in [-0.25, -0.2) is 4.98 Å². The standard InChI is InChI=1S/C23H33N7O2/c24-18-10-8-16(9-11-18)14-19-21(30(31)32)22(25)28-23(27-19)26-15-17-6-2-3-7-20(17)29-12-4-1-5-13-29/h2-3,6-7,16,18H,1,4-5,8-15,24H2,(H3,25,26,27,28). The van der Waals surface area contributed by atoms with E-state index in [-0.39, 0.29) is 17.5 Å². The number of rotatable bonds is 7. The summed E-state index contributed by atoms with van der Waals surface area (Å²) in [7, 11) is 0. The van der Waals surface area contributed by atoms with E-state index in [1.165, 1.54) is 24.9 Å². The van der Waals surface area contributed by atoms with E-state index >= 15 is 0 Å². The summed E-state index contributed by atoms with van der Waals surface area (Å²) >= 11 is 0. The average molecular weight is 440 g/mol. The van der Waals surface area contributed by atoms with E-state index in [0.717, 1.165) is 44.3 Å². The molecule has 0 unspecified atom stereocenters. The molecule has 1 aromatic heterocycles. The Morgan fingerprint density at radius 2 is 1.81 bits per heavy atom. The van der Waals surface area contributed by atoms with Gasteiger partial charge in [-0.2, -0.15) is 4.98 Å². The lowest BCUT2D eigenvalue weighted by Gasteiger charge is -2.30. The molecule has 1 aromatic carbocycles. The van der Waals surface area contributed by atoms with Gasteiger partial charge in [-0.3, -0.25) is 10.1 Å². The second kappa shape index (κ2) is 10.1. The molecule has 1 aliphatic heterocycles. The normalized spacial score (nSPS) is 21.3. The second-order valence-corrected chi connectivity index (χ2v) is 9.00. The molecule has 1 aliphatic carbocycles. The Hall–Kier alpha value is -2.94. The number of nitrogens with two attached hydrogens (primary N) is 2. The highest BCUT2D eigenvalue weighted by atomic mass is 16.6. The van der Waals surface area contributed by atoms with E-state index in [1.807, 2.05) is 6.07 Å². The number of nitro groups is 1. The number of nitrogen functional groups attached to an aromatic ring is 1. The molecule has 1 saturated heterocycles. The van der Waals surface area contributed by atoms with E-state index in [1.54, 1.807) is 0 Å². The summed E-state index contributed by atoms with van der Waals surface area (Å²) < 4.78 is 0. The van der Waals surface area contributed by atoms with E-state index in [2.05, 4.69) is 38.4 Å². The fraction of sp³-hybridized carbons (Fsp3) is 0.565. The molecule has 4 rings (SSSR count). The van der Waals surface area contributed by atoms with E-state index < -0.39 is 4.92 Å². The first-order chi connectivity index (χ1) is 15.5. The smallest absolute Gasteiger partial charge is 0.332 e. The molecule has 2 heterocycles. The predicted octanol–water partition coefficient (Wildman–Crippen LogP) is 3.63. The number of nitrogens with zero attached hydrogens (tertiary/aromatic N) is 4. The Bertz CT molecular complexity index is 938. The summed E-state index contributed by atoms with van der Waals surface area (Å²) in [6.45, 7) is 2.65. The zero-order valence-corrected chi connectivity index (χ0v) is 18.5. The minimum Gasteiger partial charge on any atom is -0.378 e. The van der Waals surface area contributed by atoms with Crippen molar-refractivity contribution in [2.75, 3.05) is 29.0 Å². The highest BCUT2D eigenvalue weighted by molar-refractivity contribution is 5.59. The molecular weight excluding hydrogens is 406 g/mol. The lowest BCUT2D eigenvalue weighted by atomic mass is 9.83. The maximum absolute atomic E-state index is 11.6. The summed E-state index contributed by atoms with van der Waals surface area (Å²) in [5, 5.41) is 14.9. The van der Waals surface area contributed by atoms with Crippen LogP contribution in [-0.2, 0) is 13.0 Å². The molecule has 172 valence electrons. The minimum atomic E-state index is -0.464. The zero-order valence-electron chi connectivity index (χ0n) is 18.5. The molecule has 5 N–H and O–H groups in total. The number of hydrogen-bond acceptors (Lipinski definition) is 8. The second-order valence-electron chi connectivity index (χ2n) is 9.00. The molecule has 9 nitrogen and oxygen atoms in total. The SMILES string of the molecule is Nc1nc(NCc2ccccc2N2CCCCC2)nc(CC2CCC(N)CC2)c1[N+](=O)[O-]. The van der Waals surface area contributed by atoms with Crippen molar-refractivity contribution in [3.63, 3.8) is 0 Å². The van der Waals surface area contributed by atoms with Crippen LogP contribution in [0.3, 0.4) is 0 Å². The van der Waals surface area contributed by atoms with Crippen molar-refractivity contribution in [1.29, 1.82) is 0 Å². The summed E-state index contributed by atoms with van der Waals surface area (Å²) in [4.78, 5) is 22.3. The Balaban J connectivity index is 1.52. The number of piperidine rings is 1. The van der Waals surface area contributed by atoms with Crippen molar-refractivity contribution in [1.82, 2.24) is 9.97 Å². The number of para-hydroxylation sites is 1. The van der Waals surface area contributed by atoms with Crippen molar-refractivity contribution in [3.05, 3.63) is 45.6 Å². The lowest BCUT2D eigenvalue weighted by molar-refractivity contribution is -0.385. The quantitative estimate of drug-likeness (QED) is 0.439. The van der Waals surface area contributed by atoms with Gasteiger partial charge in [-0.15, -0.1) is 0 Å². The maximum atomic E-state index is 11.6. The molecular formula is C23H33N7O2. The van der Waals surface area contributed by atoms with E-state index in [9.17, 15) is 10.1 Å². The van der Waals surface area contributed by atoms with Gasteiger partial charge in [0.1, 0.15) is 5.69 Å². The molecule has 0 atom stereocenters. The number of hydrogen-bond donors (Lipinski definition) is 3. The molecule has 1 saturated carbocycles. The maximum Gasteiger partial charge on any atom is 0.332 e. The highest BCUT2D eigenvalue weighted by Gasteiger charge is 2.27. The third-order valence-electron chi connectivity index (χ3n) is 6.66. The van der Waals surface area contributed by atoms with Gasteiger partial charge >= 0.3 is 5.69 Å². The fourth-order valence-electron chi connectivity index (χ4n) is 4.88. The van der Waals surface area contributed by atoms with Crippen LogP contribution < -0.4 is 21.7 Å². The van der Waals surface area contributed by atoms with Gasteiger partial charge in [0.2, 0.25) is 11.8 Å². The molecule has 2 fully saturated rings. The van der Waals surface area contributed by atoms with Crippen LogP contribution in [0, 0.1) is 16.0 Å². The third kappa shape index (κ3) is 5.27. The van der Waals surface area contributed by atoms with Crippen LogP contribution in [0.4, 0.5) is 23.1 Å². The molecule has 32 heavy (non-hydrogen) atoms. The monoisotopic (exact) mass is 439 g/mol. The zero-order chi connectivity index (χ0) is 22.5. The first-order valence-corrected chi connectivity index (χ1v) is 11.6. The summed E-state index contributed by atoms with van der Waals surface area (Å²) in [5.74, 6) is 0.582. The van der Waals surface area contributed by atoms with Gasteiger partial charge in [0, 0.05) is 31.4 Å². The van der Waals surface area contributed by atoms with Crippen LogP contribution in [0.5, 0.6) is 0 Å². The van der Waals surface area contributed by atoms with Gasteiger partial charge in [0.15, 0.2) is 0 Å². The number of benzene rings is 1. The van der Waals surface area contributed by atoms with Crippen molar-refractivity contribution in [2.45, 2.75) is 64.0 Å². The van der Waals surface area contributed by atoms with Crippen LogP contribution in [0.1, 0.15) is 56.2 Å². The minimum absolute atomic E-state index is 0.0840. The number of anilines is 3. The van der Waals surface area contributed by atoms with Gasteiger partial charge in [-0.05, 0) is 68.9 Å². The first-order valence-electron chi connectivity index (χ1n) is 11.6. The van der Waals surface area contributed by atoms with Gasteiger partial charge in [0.25, 0.3) is 0 Å². The predicted molar refractivity (Wildman–Crippen MR) is 127 cm³/mol. The van der Waals surface area contributed by atoms with Crippen molar-refractivity contribution in [2.24, 2.45) is 11.7 Å². The van der Waals surface area contributed by atoms with E-state index in [4.69, 9.17) is 11.5 Å². The van der Waals surface area contributed by atoms with Crippen molar-refractivity contribution < 1.29 is 4.92 Å². The summed E-state index contributed by atoms with van der Waals surface area (Å²) in [6.07, 6.45) is 8.01. The fourth-order valence-corrected chi connectivity index (χ4v) is 4.88.